The highest BCUT2D eigenvalue weighted by molar-refractivity contribution is 5.59. The van der Waals surface area contributed by atoms with Gasteiger partial charge < -0.3 is 24.4 Å². The Morgan fingerprint density at radius 3 is 2.50 bits per heavy atom. The predicted octanol–water partition coefficient (Wildman–Crippen LogP) is 2.68. The predicted molar refractivity (Wildman–Crippen MR) is 137 cm³/mol. The van der Waals surface area contributed by atoms with Crippen molar-refractivity contribution < 1.29 is 24.4 Å². The van der Waals surface area contributed by atoms with Gasteiger partial charge in [0.1, 0.15) is 11.5 Å². The maximum Gasteiger partial charge on any atom is 0.177 e. The molecule has 7 rings (SSSR count). The van der Waals surface area contributed by atoms with E-state index in [9.17, 15) is 15.5 Å². The fourth-order valence-corrected chi connectivity index (χ4v) is 7.48. The minimum absolute atomic E-state index is 0.310. The molecular weight excluding hydrogens is 482 g/mol. The molecule has 4 aliphatic rings. The highest BCUT2D eigenvalue weighted by Crippen LogP contribution is 2.69. The fourth-order valence-electron chi connectivity index (χ4n) is 7.48. The maximum atomic E-state index is 12.9. The Hall–Kier alpha value is -3.48. The van der Waals surface area contributed by atoms with Crippen molar-refractivity contribution in [3.63, 3.8) is 0 Å². The summed E-state index contributed by atoms with van der Waals surface area (Å²) in [6.45, 7) is 1.95. The number of morpholine rings is 1. The molecule has 3 fully saturated rings. The average molecular weight is 512 g/mol. The van der Waals surface area contributed by atoms with E-state index >= 15 is 0 Å². The van der Waals surface area contributed by atoms with E-state index in [1.165, 1.54) is 7.11 Å². The van der Waals surface area contributed by atoms with Gasteiger partial charge in [-0.2, -0.15) is 5.26 Å². The lowest BCUT2D eigenvalue weighted by molar-refractivity contribution is -0.158. The van der Waals surface area contributed by atoms with Gasteiger partial charge in [-0.1, -0.05) is 42.5 Å². The van der Waals surface area contributed by atoms with E-state index in [2.05, 4.69) is 16.0 Å². The van der Waals surface area contributed by atoms with E-state index in [0.29, 0.717) is 60.0 Å². The molecule has 8 nitrogen and oxygen atoms in total. The van der Waals surface area contributed by atoms with E-state index in [0.717, 1.165) is 12.0 Å². The van der Waals surface area contributed by atoms with Crippen LogP contribution in [0.2, 0.25) is 0 Å². The maximum absolute atomic E-state index is 12.9. The lowest BCUT2D eigenvalue weighted by Gasteiger charge is -2.54. The highest BCUT2D eigenvalue weighted by Gasteiger charge is 2.77. The normalized spacial score (nSPS) is 34.9. The number of methoxy groups -OCH3 is 1. The molecule has 2 aromatic carbocycles. The Bertz CT molecular complexity index is 1400. The van der Waals surface area contributed by atoms with Crippen LogP contribution in [-0.4, -0.2) is 65.2 Å². The van der Waals surface area contributed by atoms with Crippen LogP contribution in [0, 0.1) is 17.2 Å². The first-order chi connectivity index (χ1) is 18.5. The molecule has 0 radical (unpaired) electrons. The molecule has 0 unspecified atom stereocenters. The Morgan fingerprint density at radius 1 is 1.11 bits per heavy atom. The molecule has 2 N–H and O–H groups in total. The largest absolute Gasteiger partial charge is 0.495 e. The number of nitriles is 1. The summed E-state index contributed by atoms with van der Waals surface area (Å²) in [5.74, 6) is -0.0476. The van der Waals surface area contributed by atoms with Gasteiger partial charge in [-0.15, -0.1) is 0 Å². The molecule has 4 heterocycles. The number of aliphatic hydroxyl groups is 2. The Kier molecular flexibility index (Phi) is 5.29. The molecule has 7 atom stereocenters. The molecule has 3 aliphatic heterocycles. The zero-order chi connectivity index (χ0) is 26.1. The summed E-state index contributed by atoms with van der Waals surface area (Å²) in [6.07, 6.45) is 3.02. The van der Waals surface area contributed by atoms with E-state index in [1.807, 2.05) is 42.5 Å². The van der Waals surface area contributed by atoms with Gasteiger partial charge in [0, 0.05) is 30.5 Å². The van der Waals surface area contributed by atoms with Crippen molar-refractivity contribution in [3.8, 4) is 17.6 Å². The number of hydrogen-bond acceptors (Lipinski definition) is 8. The summed E-state index contributed by atoms with van der Waals surface area (Å²) >= 11 is 0. The van der Waals surface area contributed by atoms with Crippen molar-refractivity contribution >= 4 is 0 Å². The molecule has 194 valence electrons. The molecule has 0 amide bonds. The molecule has 2 saturated heterocycles. The van der Waals surface area contributed by atoms with Crippen LogP contribution in [0.4, 0.5) is 0 Å². The highest BCUT2D eigenvalue weighted by atomic mass is 16.5. The van der Waals surface area contributed by atoms with Crippen molar-refractivity contribution in [1.29, 1.82) is 5.26 Å². The van der Waals surface area contributed by atoms with Gasteiger partial charge in [-0.25, -0.2) is 0 Å². The van der Waals surface area contributed by atoms with Crippen LogP contribution in [0.5, 0.6) is 11.5 Å². The fraction of sp³-hybridized carbons (Fsp3) is 0.400. The zero-order valence-electron chi connectivity index (χ0n) is 21.0. The second-order valence-corrected chi connectivity index (χ2v) is 10.8. The van der Waals surface area contributed by atoms with Gasteiger partial charge >= 0.3 is 0 Å². The van der Waals surface area contributed by atoms with Crippen molar-refractivity contribution in [3.05, 3.63) is 89.2 Å². The smallest absolute Gasteiger partial charge is 0.177 e. The summed E-state index contributed by atoms with van der Waals surface area (Å²) < 4.78 is 18.2. The van der Waals surface area contributed by atoms with Gasteiger partial charge in [0.05, 0.1) is 56.0 Å². The molecule has 3 aromatic rings. The summed E-state index contributed by atoms with van der Waals surface area (Å²) in [6, 6.07) is 19.9. The van der Waals surface area contributed by atoms with E-state index < -0.39 is 23.2 Å². The van der Waals surface area contributed by atoms with Gasteiger partial charge in [-0.3, -0.25) is 9.88 Å². The van der Waals surface area contributed by atoms with Crippen molar-refractivity contribution in [2.24, 2.45) is 5.92 Å². The Balaban J connectivity index is 1.47. The van der Waals surface area contributed by atoms with Crippen LogP contribution in [-0.2, 0) is 15.9 Å². The van der Waals surface area contributed by atoms with Gasteiger partial charge in [0.15, 0.2) is 11.2 Å². The molecule has 2 bridgehead atoms. The number of nitrogens with zero attached hydrogens (tertiary/aromatic N) is 3. The number of ether oxygens (including phenoxy) is 3. The van der Waals surface area contributed by atoms with Crippen LogP contribution in [0.1, 0.15) is 34.6 Å². The zero-order valence-corrected chi connectivity index (χ0v) is 21.0. The standard InChI is InChI=1S/C30H29N3O5/c1-36-24-13-32-14-25-27(24)29(35)28(34)23(15-33-21-11-22(33)17-37-16-21)26(19-5-3-2-4-6-19)30(29,38-25)20-9-7-18(12-31)8-10-20/h2-10,13-14,21-23,26,28,34-35H,11,15-17H2,1H3/t21-,22+,23-,26+,28-,29+,30+/m1/s1. The number of hydrogen-bond donors (Lipinski definition) is 2. The van der Waals surface area contributed by atoms with E-state index in [4.69, 9.17) is 14.2 Å². The quantitative estimate of drug-likeness (QED) is 0.539. The summed E-state index contributed by atoms with van der Waals surface area (Å²) in [5, 5.41) is 34.6. The summed E-state index contributed by atoms with van der Waals surface area (Å²) in [7, 11) is 1.52. The number of pyridine rings is 1. The Labute approximate surface area is 221 Å². The third-order valence-electron chi connectivity index (χ3n) is 9.14. The van der Waals surface area contributed by atoms with E-state index in [1.54, 1.807) is 24.5 Å². The lowest BCUT2D eigenvalue weighted by atomic mass is 9.70. The van der Waals surface area contributed by atoms with E-state index in [-0.39, 0.29) is 5.92 Å². The SMILES string of the molecule is COc1cncc2c1[C@]1(O)[C@H](O)[C@H](CN3[C@@H]4COC[C@H]3C4)[C@H](c3ccccc3)[C@]1(c1ccc(C#N)cc1)O2. The number of aromatic nitrogens is 1. The molecule has 1 aliphatic carbocycles. The number of aliphatic hydroxyl groups excluding tert-OH is 1. The lowest BCUT2D eigenvalue weighted by Crippen LogP contribution is -2.65. The molecule has 0 spiro atoms. The molecule has 1 aromatic heterocycles. The second kappa shape index (κ2) is 8.52. The number of fused-ring (bicyclic) bond motifs is 5. The molecule has 38 heavy (non-hydrogen) atoms. The average Bonchev–Trinajstić information content (AvgIpc) is 3.35. The first kappa shape index (κ1) is 23.6. The number of rotatable bonds is 5. The van der Waals surface area contributed by atoms with Crippen LogP contribution in [0.15, 0.2) is 67.0 Å². The van der Waals surface area contributed by atoms with Crippen molar-refractivity contribution in [1.82, 2.24) is 9.88 Å². The third-order valence-corrected chi connectivity index (χ3v) is 9.14. The first-order valence-corrected chi connectivity index (χ1v) is 13.0. The summed E-state index contributed by atoms with van der Waals surface area (Å²) in [5.41, 5.74) is -0.683. The van der Waals surface area contributed by atoms with Crippen molar-refractivity contribution in [2.45, 2.75) is 41.7 Å². The first-order valence-electron chi connectivity index (χ1n) is 13.0. The van der Waals surface area contributed by atoms with Gasteiger partial charge in [-0.05, 0) is 29.7 Å². The minimum atomic E-state index is -1.84. The topological polar surface area (TPSA) is 108 Å². The van der Waals surface area contributed by atoms with Crippen LogP contribution in [0.3, 0.4) is 0 Å². The van der Waals surface area contributed by atoms with Gasteiger partial charge in [0.2, 0.25) is 0 Å². The molecule has 1 saturated carbocycles. The molecule has 8 heteroatoms. The monoisotopic (exact) mass is 511 g/mol. The Morgan fingerprint density at radius 2 is 1.84 bits per heavy atom. The van der Waals surface area contributed by atoms with Crippen molar-refractivity contribution in [2.75, 3.05) is 26.9 Å². The summed E-state index contributed by atoms with van der Waals surface area (Å²) in [4.78, 5) is 6.69. The minimum Gasteiger partial charge on any atom is -0.495 e. The second-order valence-electron chi connectivity index (χ2n) is 10.8. The van der Waals surface area contributed by atoms with Crippen LogP contribution < -0.4 is 9.47 Å². The van der Waals surface area contributed by atoms with Crippen LogP contribution in [0.25, 0.3) is 0 Å². The third kappa shape index (κ3) is 2.96. The number of benzene rings is 2. The van der Waals surface area contributed by atoms with Crippen LogP contribution >= 0.6 is 0 Å². The van der Waals surface area contributed by atoms with Gasteiger partial charge in [0.25, 0.3) is 0 Å². The molecular formula is C30H29N3O5.